The minimum Gasteiger partial charge on any atom is -0.480 e. The molecule has 20 heavy (non-hydrogen) atoms. The number of aliphatic carboxylic acids is 1. The lowest BCUT2D eigenvalue weighted by Crippen LogP contribution is -2.44. The van der Waals surface area contributed by atoms with Gasteiger partial charge < -0.3 is 14.7 Å². The summed E-state index contributed by atoms with van der Waals surface area (Å²) in [5.74, 6) is -0.0938. The second-order valence-electron chi connectivity index (χ2n) is 5.76. The van der Waals surface area contributed by atoms with E-state index >= 15 is 0 Å². The van der Waals surface area contributed by atoms with E-state index in [1.807, 2.05) is 0 Å². The second kappa shape index (κ2) is 5.95. The second-order valence-corrected chi connectivity index (χ2v) is 5.76. The molecule has 1 heterocycles. The van der Waals surface area contributed by atoms with Gasteiger partial charge in [0.25, 0.3) is 0 Å². The molecule has 1 saturated heterocycles. The largest absolute Gasteiger partial charge is 0.480 e. The first-order valence-corrected chi connectivity index (χ1v) is 6.34. The summed E-state index contributed by atoms with van der Waals surface area (Å²) >= 11 is 0. The maximum atomic E-state index is 11.8. The van der Waals surface area contributed by atoms with Crippen LogP contribution in [0.25, 0.3) is 0 Å². The number of carboxylic acid groups (broad SMARTS) is 1. The average Bonchev–Trinajstić information content (AvgIpc) is 2.64. The van der Waals surface area contributed by atoms with Crippen molar-refractivity contribution in [3.05, 3.63) is 0 Å². The van der Waals surface area contributed by atoms with Gasteiger partial charge in [-0.25, -0.2) is 4.79 Å². The Morgan fingerprint density at radius 3 is 2.55 bits per heavy atom. The average molecular weight is 281 g/mol. The number of esters is 1. The van der Waals surface area contributed by atoms with Crippen LogP contribution >= 0.6 is 0 Å². The molecule has 2 atom stereocenters. The number of hydrogen-bond acceptors (Lipinski definition) is 4. The minimum absolute atomic E-state index is 0.120. The van der Waals surface area contributed by atoms with E-state index in [0.717, 1.165) is 4.90 Å². The summed E-state index contributed by atoms with van der Waals surface area (Å²) in [4.78, 5) is 35.9. The van der Waals surface area contributed by atoms with Crippen LogP contribution < -0.4 is 0 Å². The van der Waals surface area contributed by atoms with E-state index in [2.05, 4.69) is 5.92 Å². The van der Waals surface area contributed by atoms with Gasteiger partial charge >= 0.3 is 11.9 Å². The molecular weight excluding hydrogens is 262 g/mol. The molecule has 6 nitrogen and oxygen atoms in total. The fourth-order valence-electron chi connectivity index (χ4n) is 2.02. The highest BCUT2D eigenvalue weighted by Gasteiger charge is 2.38. The van der Waals surface area contributed by atoms with E-state index in [1.165, 1.54) is 0 Å². The van der Waals surface area contributed by atoms with Crippen LogP contribution in [0.3, 0.4) is 0 Å². The zero-order valence-electron chi connectivity index (χ0n) is 11.9. The number of terminal acetylenes is 1. The van der Waals surface area contributed by atoms with E-state index < -0.39 is 23.6 Å². The molecule has 1 aliphatic rings. The van der Waals surface area contributed by atoms with Gasteiger partial charge in [-0.05, 0) is 20.8 Å². The molecule has 0 aromatic heterocycles. The maximum Gasteiger partial charge on any atom is 0.327 e. The van der Waals surface area contributed by atoms with Gasteiger partial charge in [-0.1, -0.05) is 0 Å². The Kier molecular flexibility index (Phi) is 4.77. The standard InChI is InChI=1S/C14H19NO5/c1-5-9-6-11(16)15(8-9)10(13(18)19)7-12(17)20-14(2,3)4/h1,9-10H,6-8H2,2-4H3,(H,18,19)/t9?,10-/m0/s1. The summed E-state index contributed by atoms with van der Waals surface area (Å²) in [7, 11) is 0. The maximum absolute atomic E-state index is 11.8. The minimum atomic E-state index is -1.23. The Morgan fingerprint density at radius 1 is 1.55 bits per heavy atom. The summed E-state index contributed by atoms with van der Waals surface area (Å²) in [6.07, 6.45) is 4.99. The first kappa shape index (κ1) is 16.0. The fourth-order valence-corrected chi connectivity index (χ4v) is 2.02. The van der Waals surface area contributed by atoms with Crippen LogP contribution in [0.2, 0.25) is 0 Å². The third kappa shape index (κ3) is 4.26. The number of rotatable bonds is 4. The van der Waals surface area contributed by atoms with Crippen molar-refractivity contribution in [2.75, 3.05) is 6.54 Å². The summed E-state index contributed by atoms with van der Waals surface area (Å²) in [6.45, 7) is 5.23. The smallest absolute Gasteiger partial charge is 0.327 e. The number of hydrogen-bond donors (Lipinski definition) is 1. The Hall–Kier alpha value is -2.03. The van der Waals surface area contributed by atoms with Crippen molar-refractivity contribution in [2.45, 2.75) is 45.3 Å². The molecule has 6 heteroatoms. The van der Waals surface area contributed by atoms with Crippen LogP contribution in [0.5, 0.6) is 0 Å². The van der Waals surface area contributed by atoms with Gasteiger partial charge in [0.1, 0.15) is 11.6 Å². The van der Waals surface area contributed by atoms with Gasteiger partial charge in [-0.2, -0.15) is 0 Å². The van der Waals surface area contributed by atoms with Gasteiger partial charge in [0.2, 0.25) is 5.91 Å². The number of carboxylic acids is 1. The monoisotopic (exact) mass is 281 g/mol. The molecule has 0 aromatic rings. The molecule has 0 radical (unpaired) electrons. The Bertz CT molecular complexity index is 457. The molecule has 1 N–H and O–H groups in total. The Morgan fingerprint density at radius 2 is 2.15 bits per heavy atom. The van der Waals surface area contributed by atoms with Gasteiger partial charge in [0, 0.05) is 18.9 Å². The van der Waals surface area contributed by atoms with E-state index in [-0.39, 0.29) is 31.2 Å². The van der Waals surface area contributed by atoms with Gasteiger partial charge in [-0.3, -0.25) is 9.59 Å². The summed E-state index contributed by atoms with van der Waals surface area (Å²) in [5.41, 5.74) is -0.698. The molecule has 110 valence electrons. The normalized spacial score (nSPS) is 20.4. The van der Waals surface area contributed by atoms with Crippen LogP contribution in [0.1, 0.15) is 33.6 Å². The van der Waals surface area contributed by atoms with E-state index in [0.29, 0.717) is 0 Å². The highest BCUT2D eigenvalue weighted by Crippen LogP contribution is 2.22. The topological polar surface area (TPSA) is 83.9 Å². The number of carbonyl (C=O) groups excluding carboxylic acids is 2. The molecule has 0 spiro atoms. The number of carbonyl (C=O) groups is 3. The predicted octanol–water partition coefficient (Wildman–Crippen LogP) is 0.653. The highest BCUT2D eigenvalue weighted by atomic mass is 16.6. The number of nitrogens with zero attached hydrogens (tertiary/aromatic N) is 1. The third-order valence-corrected chi connectivity index (χ3v) is 2.84. The molecule has 1 fully saturated rings. The summed E-state index contributed by atoms with van der Waals surface area (Å²) in [5, 5.41) is 9.20. The summed E-state index contributed by atoms with van der Waals surface area (Å²) in [6, 6.07) is -1.23. The van der Waals surface area contributed by atoms with Crippen LogP contribution in [-0.2, 0) is 19.1 Å². The van der Waals surface area contributed by atoms with Crippen molar-refractivity contribution in [1.82, 2.24) is 4.90 Å². The van der Waals surface area contributed by atoms with Gasteiger partial charge in [0.15, 0.2) is 0 Å². The van der Waals surface area contributed by atoms with Crippen molar-refractivity contribution in [3.8, 4) is 12.3 Å². The van der Waals surface area contributed by atoms with E-state index in [1.54, 1.807) is 20.8 Å². The fraction of sp³-hybridized carbons (Fsp3) is 0.643. The lowest BCUT2D eigenvalue weighted by molar-refractivity contribution is -0.161. The van der Waals surface area contributed by atoms with Crippen molar-refractivity contribution >= 4 is 17.8 Å². The lowest BCUT2D eigenvalue weighted by Gasteiger charge is -2.26. The molecule has 1 unspecified atom stereocenters. The molecule has 0 bridgehead atoms. The first-order valence-electron chi connectivity index (χ1n) is 6.34. The van der Waals surface area contributed by atoms with Crippen LogP contribution in [0.15, 0.2) is 0 Å². The molecule has 0 saturated carbocycles. The molecule has 1 rings (SSSR count). The Balaban J connectivity index is 2.76. The SMILES string of the molecule is C#CC1CC(=O)N([C@@H](CC(=O)OC(C)(C)C)C(=O)O)C1. The molecule has 1 amide bonds. The molecule has 1 aliphatic heterocycles. The van der Waals surface area contributed by atoms with E-state index in [4.69, 9.17) is 11.2 Å². The summed E-state index contributed by atoms with van der Waals surface area (Å²) < 4.78 is 5.09. The quantitative estimate of drug-likeness (QED) is 0.604. The van der Waals surface area contributed by atoms with Gasteiger partial charge in [0.05, 0.1) is 6.42 Å². The Labute approximate surface area is 118 Å². The molecular formula is C14H19NO5. The van der Waals surface area contributed by atoms with Crippen molar-refractivity contribution in [1.29, 1.82) is 0 Å². The van der Waals surface area contributed by atoms with Crippen molar-refractivity contribution in [3.63, 3.8) is 0 Å². The first-order chi connectivity index (χ1) is 9.14. The number of likely N-dealkylation sites (tertiary alicyclic amines) is 1. The third-order valence-electron chi connectivity index (χ3n) is 2.84. The zero-order chi connectivity index (χ0) is 15.5. The molecule has 0 aromatic carbocycles. The number of ether oxygens (including phenoxy) is 1. The van der Waals surface area contributed by atoms with Crippen LogP contribution in [0.4, 0.5) is 0 Å². The van der Waals surface area contributed by atoms with E-state index in [9.17, 15) is 19.5 Å². The lowest BCUT2D eigenvalue weighted by atomic mass is 10.1. The van der Waals surface area contributed by atoms with Crippen molar-refractivity contribution in [2.24, 2.45) is 5.92 Å². The zero-order valence-corrected chi connectivity index (χ0v) is 11.9. The molecule has 0 aliphatic carbocycles. The number of amides is 1. The van der Waals surface area contributed by atoms with Crippen LogP contribution in [-0.4, -0.2) is 46.0 Å². The predicted molar refractivity (Wildman–Crippen MR) is 70.5 cm³/mol. The van der Waals surface area contributed by atoms with Crippen molar-refractivity contribution < 1.29 is 24.2 Å². The van der Waals surface area contributed by atoms with Gasteiger partial charge in [-0.15, -0.1) is 12.3 Å². The van der Waals surface area contributed by atoms with Crippen LogP contribution in [0, 0.1) is 18.3 Å². The highest BCUT2D eigenvalue weighted by molar-refractivity contribution is 5.88.